The van der Waals surface area contributed by atoms with E-state index in [9.17, 15) is 13.2 Å². The Morgan fingerprint density at radius 2 is 1.96 bits per heavy atom. The van der Waals surface area contributed by atoms with Gasteiger partial charge in [-0.1, -0.05) is 12.1 Å². The van der Waals surface area contributed by atoms with Crippen molar-refractivity contribution in [2.75, 3.05) is 39.8 Å². The zero-order valence-corrected chi connectivity index (χ0v) is 16.5. The number of fused-ring (bicyclic) bond motifs is 1. The first-order valence-corrected chi connectivity index (χ1v) is 11.1. The zero-order valence-electron chi connectivity index (χ0n) is 15.7. The summed E-state index contributed by atoms with van der Waals surface area (Å²) in [6.45, 7) is 2.74. The molecule has 1 aliphatic carbocycles. The van der Waals surface area contributed by atoms with Crippen LogP contribution in [0.4, 0.5) is 4.79 Å². The molecule has 0 atom stereocenters. The van der Waals surface area contributed by atoms with Gasteiger partial charge in [-0.2, -0.15) is 4.31 Å². The number of nitrogens with one attached hydrogen (secondary N) is 1. The molecule has 0 radical (unpaired) electrons. The van der Waals surface area contributed by atoms with E-state index in [1.807, 2.05) is 6.07 Å². The Bertz CT molecular complexity index is 814. The number of carbonyl (C=O) groups excluding carboxylic acids is 1. The maximum atomic E-state index is 13.4. The molecule has 4 rings (SSSR count). The second-order valence-electron chi connectivity index (χ2n) is 8.02. The third kappa shape index (κ3) is 3.65. The standard InChI is InChI=1S/C19H27N3O4S/c1-20-18(23)21-10-8-19(9-11-21)13-22(12-15-6-7-15)27(24,25)17-5-3-2-4-16(17)26-14-19/h2-5,15H,6-14H2,1H3,(H,20,23). The van der Waals surface area contributed by atoms with Crippen LogP contribution in [-0.4, -0.2) is 63.5 Å². The molecule has 2 fully saturated rings. The van der Waals surface area contributed by atoms with E-state index in [0.717, 1.165) is 25.7 Å². The number of carbonyl (C=O) groups is 1. The number of urea groups is 1. The van der Waals surface area contributed by atoms with Crippen LogP contribution in [0.5, 0.6) is 5.75 Å². The van der Waals surface area contributed by atoms with Crippen molar-refractivity contribution in [1.82, 2.24) is 14.5 Å². The van der Waals surface area contributed by atoms with Crippen LogP contribution in [0.2, 0.25) is 0 Å². The van der Waals surface area contributed by atoms with Gasteiger partial charge in [-0.15, -0.1) is 0 Å². The summed E-state index contributed by atoms with van der Waals surface area (Å²) in [5.41, 5.74) is -0.264. The lowest BCUT2D eigenvalue weighted by atomic mass is 9.79. The summed E-state index contributed by atoms with van der Waals surface area (Å²) < 4.78 is 34.4. The second kappa shape index (κ2) is 6.98. The molecule has 0 aromatic heterocycles. The first-order valence-electron chi connectivity index (χ1n) is 9.62. The summed E-state index contributed by atoms with van der Waals surface area (Å²) in [5.74, 6) is 0.904. The lowest BCUT2D eigenvalue weighted by molar-refractivity contribution is 0.0450. The maximum absolute atomic E-state index is 13.4. The van der Waals surface area contributed by atoms with E-state index in [4.69, 9.17) is 4.74 Å². The van der Waals surface area contributed by atoms with Gasteiger partial charge in [-0.05, 0) is 43.7 Å². The molecular weight excluding hydrogens is 366 g/mol. The van der Waals surface area contributed by atoms with E-state index in [1.54, 1.807) is 34.5 Å². The van der Waals surface area contributed by atoms with Crippen LogP contribution in [0, 0.1) is 11.3 Å². The smallest absolute Gasteiger partial charge is 0.317 e. The monoisotopic (exact) mass is 393 g/mol. The van der Waals surface area contributed by atoms with Crippen LogP contribution < -0.4 is 10.1 Å². The molecule has 7 nitrogen and oxygen atoms in total. The SMILES string of the molecule is CNC(=O)N1CCC2(CC1)COc1ccccc1S(=O)(=O)N(CC1CC1)C2. The fourth-order valence-electron chi connectivity index (χ4n) is 4.05. The van der Waals surface area contributed by atoms with Crippen molar-refractivity contribution < 1.29 is 17.9 Å². The van der Waals surface area contributed by atoms with Crippen molar-refractivity contribution >= 4 is 16.1 Å². The van der Waals surface area contributed by atoms with Crippen LogP contribution in [0.25, 0.3) is 0 Å². The Hall–Kier alpha value is -1.80. The van der Waals surface area contributed by atoms with Gasteiger partial charge in [0.05, 0.1) is 6.61 Å². The predicted molar refractivity (Wildman–Crippen MR) is 101 cm³/mol. The quantitative estimate of drug-likeness (QED) is 0.832. The maximum Gasteiger partial charge on any atom is 0.317 e. The highest BCUT2D eigenvalue weighted by Crippen LogP contribution is 2.41. The van der Waals surface area contributed by atoms with Gasteiger partial charge >= 0.3 is 6.03 Å². The highest BCUT2D eigenvalue weighted by Gasteiger charge is 2.44. The fourth-order valence-corrected chi connectivity index (χ4v) is 5.81. The fraction of sp³-hybridized carbons (Fsp3) is 0.632. The number of amides is 2. The molecule has 2 amide bonds. The summed E-state index contributed by atoms with van der Waals surface area (Å²) in [6.07, 6.45) is 3.67. The summed E-state index contributed by atoms with van der Waals surface area (Å²) in [4.78, 5) is 14.0. The van der Waals surface area contributed by atoms with Gasteiger partial charge in [0, 0.05) is 38.6 Å². The minimum absolute atomic E-state index is 0.0792. The summed E-state index contributed by atoms with van der Waals surface area (Å²) >= 11 is 0. The van der Waals surface area contributed by atoms with Gasteiger partial charge in [0.2, 0.25) is 10.0 Å². The van der Waals surface area contributed by atoms with Gasteiger partial charge in [0.1, 0.15) is 10.6 Å². The number of benzene rings is 1. The summed E-state index contributed by atoms with van der Waals surface area (Å²) in [6, 6.07) is 6.85. The number of nitrogens with zero attached hydrogens (tertiary/aromatic N) is 2. The average Bonchev–Trinajstić information content (AvgIpc) is 3.49. The van der Waals surface area contributed by atoms with Crippen molar-refractivity contribution in [3.05, 3.63) is 24.3 Å². The van der Waals surface area contributed by atoms with E-state index in [0.29, 0.717) is 44.5 Å². The highest BCUT2D eigenvalue weighted by molar-refractivity contribution is 7.89. The Balaban J connectivity index is 1.63. The molecule has 27 heavy (non-hydrogen) atoms. The van der Waals surface area contributed by atoms with Crippen molar-refractivity contribution in [2.45, 2.75) is 30.6 Å². The Kier molecular flexibility index (Phi) is 4.80. The molecule has 1 aromatic rings. The van der Waals surface area contributed by atoms with Crippen LogP contribution >= 0.6 is 0 Å². The lowest BCUT2D eigenvalue weighted by Crippen LogP contribution is -2.53. The minimum atomic E-state index is -3.59. The molecule has 1 aromatic carbocycles. The number of hydrogen-bond acceptors (Lipinski definition) is 4. The molecular formula is C19H27N3O4S. The molecule has 1 saturated heterocycles. The van der Waals surface area contributed by atoms with Crippen molar-refractivity contribution in [2.24, 2.45) is 11.3 Å². The molecule has 0 bridgehead atoms. The molecule has 1 N–H and O–H groups in total. The molecule has 2 aliphatic heterocycles. The number of para-hydroxylation sites is 1. The van der Waals surface area contributed by atoms with E-state index in [1.165, 1.54) is 0 Å². The normalized spacial score (nSPS) is 24.4. The largest absolute Gasteiger partial charge is 0.492 e. The molecule has 0 unspecified atom stereocenters. The van der Waals surface area contributed by atoms with Crippen LogP contribution in [-0.2, 0) is 10.0 Å². The van der Waals surface area contributed by atoms with Gasteiger partial charge in [0.15, 0.2) is 0 Å². The van der Waals surface area contributed by atoms with Gasteiger partial charge < -0.3 is 15.0 Å². The van der Waals surface area contributed by atoms with Crippen molar-refractivity contribution in [3.63, 3.8) is 0 Å². The van der Waals surface area contributed by atoms with E-state index < -0.39 is 10.0 Å². The van der Waals surface area contributed by atoms with E-state index in [2.05, 4.69) is 5.32 Å². The first kappa shape index (κ1) is 18.6. The highest BCUT2D eigenvalue weighted by atomic mass is 32.2. The van der Waals surface area contributed by atoms with Crippen molar-refractivity contribution in [1.29, 1.82) is 0 Å². The van der Waals surface area contributed by atoms with Gasteiger partial charge in [-0.3, -0.25) is 0 Å². The molecule has 1 spiro atoms. The van der Waals surface area contributed by atoms with E-state index in [-0.39, 0.29) is 16.3 Å². The number of hydrogen-bond donors (Lipinski definition) is 1. The number of sulfonamides is 1. The van der Waals surface area contributed by atoms with Crippen molar-refractivity contribution in [3.8, 4) is 5.75 Å². The molecule has 3 aliphatic rings. The topological polar surface area (TPSA) is 79.0 Å². The molecule has 2 heterocycles. The average molecular weight is 394 g/mol. The third-order valence-electron chi connectivity index (χ3n) is 6.00. The Labute approximate surface area is 160 Å². The van der Waals surface area contributed by atoms with Gasteiger partial charge in [0.25, 0.3) is 0 Å². The van der Waals surface area contributed by atoms with Gasteiger partial charge in [-0.25, -0.2) is 13.2 Å². The molecule has 148 valence electrons. The van der Waals surface area contributed by atoms with Crippen LogP contribution in [0.15, 0.2) is 29.2 Å². The number of ether oxygens (including phenoxy) is 1. The first-order chi connectivity index (χ1) is 12.9. The molecule has 8 heteroatoms. The molecule has 1 saturated carbocycles. The third-order valence-corrected chi connectivity index (χ3v) is 7.85. The number of rotatable bonds is 2. The number of likely N-dealkylation sites (tertiary alicyclic amines) is 1. The predicted octanol–water partition coefficient (Wildman–Crippen LogP) is 1.90. The zero-order chi connectivity index (χ0) is 19.1. The Morgan fingerprint density at radius 3 is 2.63 bits per heavy atom. The summed E-state index contributed by atoms with van der Waals surface area (Å²) in [5, 5.41) is 2.67. The van der Waals surface area contributed by atoms with E-state index >= 15 is 0 Å². The Morgan fingerprint density at radius 1 is 1.26 bits per heavy atom. The lowest BCUT2D eigenvalue weighted by Gasteiger charge is -2.44. The van der Waals surface area contributed by atoms with Crippen LogP contribution in [0.3, 0.4) is 0 Å². The van der Waals surface area contributed by atoms with Crippen LogP contribution in [0.1, 0.15) is 25.7 Å². The summed E-state index contributed by atoms with van der Waals surface area (Å²) in [7, 11) is -1.96. The second-order valence-corrected chi connectivity index (χ2v) is 9.92. The number of piperidine rings is 1. The minimum Gasteiger partial charge on any atom is -0.492 e.